The molecule has 3 nitrogen and oxygen atoms in total. The van der Waals surface area contributed by atoms with Gasteiger partial charge in [0, 0.05) is 28.7 Å². The lowest BCUT2D eigenvalue weighted by Gasteiger charge is -2.21. The third-order valence-corrected chi connectivity index (χ3v) is 5.04. The minimum absolute atomic E-state index is 0.369. The molecular formula is C23H29N3. The molecule has 2 rings (SSSR count). The SMILES string of the molecule is C=N/C=C(\C=C(\C#N)C1CCCCC1)c1cc(N/C(C)=C\C)ccc1C. The predicted molar refractivity (Wildman–Crippen MR) is 112 cm³/mol. The van der Waals surface area contributed by atoms with E-state index in [1.165, 1.54) is 19.3 Å². The first-order chi connectivity index (χ1) is 12.6. The second kappa shape index (κ2) is 9.77. The number of benzene rings is 1. The molecule has 0 atom stereocenters. The Labute approximate surface area is 157 Å². The topological polar surface area (TPSA) is 48.2 Å². The van der Waals surface area contributed by atoms with E-state index in [9.17, 15) is 5.26 Å². The van der Waals surface area contributed by atoms with Crippen molar-refractivity contribution in [3.63, 3.8) is 0 Å². The molecule has 1 N–H and O–H groups in total. The van der Waals surface area contributed by atoms with Gasteiger partial charge in [-0.15, -0.1) is 0 Å². The van der Waals surface area contributed by atoms with Crippen LogP contribution in [0.5, 0.6) is 0 Å². The normalized spacial score (nSPS) is 16.9. The van der Waals surface area contributed by atoms with Gasteiger partial charge in [-0.25, -0.2) is 0 Å². The summed E-state index contributed by atoms with van der Waals surface area (Å²) in [5.74, 6) is 0.369. The third kappa shape index (κ3) is 5.20. The molecule has 0 bridgehead atoms. The molecule has 136 valence electrons. The Morgan fingerprint density at radius 2 is 2.04 bits per heavy atom. The molecule has 1 fully saturated rings. The Morgan fingerprint density at radius 1 is 1.31 bits per heavy atom. The maximum atomic E-state index is 9.71. The molecular weight excluding hydrogens is 318 g/mol. The van der Waals surface area contributed by atoms with E-state index >= 15 is 0 Å². The van der Waals surface area contributed by atoms with Crippen molar-refractivity contribution in [2.45, 2.75) is 52.9 Å². The van der Waals surface area contributed by atoms with Crippen molar-refractivity contribution in [2.24, 2.45) is 10.9 Å². The van der Waals surface area contributed by atoms with E-state index in [4.69, 9.17) is 0 Å². The average Bonchev–Trinajstić information content (AvgIpc) is 2.67. The molecule has 0 radical (unpaired) electrons. The molecule has 0 saturated heterocycles. The van der Waals surface area contributed by atoms with Crippen LogP contribution in [0.3, 0.4) is 0 Å². The van der Waals surface area contributed by atoms with Crippen LogP contribution in [-0.4, -0.2) is 6.72 Å². The highest BCUT2D eigenvalue weighted by atomic mass is 14.9. The number of hydrogen-bond donors (Lipinski definition) is 1. The first-order valence-electron chi connectivity index (χ1n) is 9.37. The fourth-order valence-corrected chi connectivity index (χ4v) is 3.42. The van der Waals surface area contributed by atoms with Crippen LogP contribution in [0, 0.1) is 24.2 Å². The van der Waals surface area contributed by atoms with Crippen molar-refractivity contribution < 1.29 is 0 Å². The average molecular weight is 348 g/mol. The van der Waals surface area contributed by atoms with Crippen LogP contribution in [0.1, 0.15) is 57.1 Å². The molecule has 1 aliphatic carbocycles. The Hall–Kier alpha value is -2.60. The summed E-state index contributed by atoms with van der Waals surface area (Å²) in [5, 5.41) is 13.1. The summed E-state index contributed by atoms with van der Waals surface area (Å²) in [4.78, 5) is 3.99. The van der Waals surface area contributed by atoms with Crippen LogP contribution in [0.25, 0.3) is 5.57 Å². The lowest BCUT2D eigenvalue weighted by Crippen LogP contribution is -2.08. The molecule has 26 heavy (non-hydrogen) atoms. The monoisotopic (exact) mass is 347 g/mol. The summed E-state index contributed by atoms with van der Waals surface area (Å²) >= 11 is 0. The molecule has 0 spiro atoms. The highest BCUT2D eigenvalue weighted by Gasteiger charge is 2.18. The van der Waals surface area contributed by atoms with Crippen LogP contribution in [0.2, 0.25) is 0 Å². The Kier molecular flexibility index (Phi) is 7.41. The Balaban J connectivity index is 2.41. The molecule has 1 saturated carbocycles. The van der Waals surface area contributed by atoms with Gasteiger partial charge in [0.05, 0.1) is 6.07 Å². The minimum atomic E-state index is 0.369. The number of hydrogen-bond acceptors (Lipinski definition) is 3. The summed E-state index contributed by atoms with van der Waals surface area (Å²) in [6, 6.07) is 8.72. The zero-order chi connectivity index (χ0) is 18.9. The molecule has 0 amide bonds. The van der Waals surface area contributed by atoms with Crippen molar-refractivity contribution in [2.75, 3.05) is 5.32 Å². The van der Waals surface area contributed by atoms with E-state index in [1.54, 1.807) is 6.20 Å². The van der Waals surface area contributed by atoms with E-state index in [2.05, 4.69) is 48.2 Å². The quantitative estimate of drug-likeness (QED) is 0.367. The number of nitrogens with zero attached hydrogens (tertiary/aromatic N) is 2. The van der Waals surface area contributed by atoms with Crippen molar-refractivity contribution in [3.05, 3.63) is 58.9 Å². The summed E-state index contributed by atoms with van der Waals surface area (Å²) in [7, 11) is 0. The number of anilines is 1. The minimum Gasteiger partial charge on any atom is -0.359 e. The van der Waals surface area contributed by atoms with E-state index < -0.39 is 0 Å². The zero-order valence-corrected chi connectivity index (χ0v) is 16.2. The smallest absolute Gasteiger partial charge is 0.0950 e. The largest absolute Gasteiger partial charge is 0.359 e. The van der Waals surface area contributed by atoms with Gasteiger partial charge < -0.3 is 5.32 Å². The highest BCUT2D eigenvalue weighted by Crippen LogP contribution is 2.32. The van der Waals surface area contributed by atoms with Crippen LogP contribution in [-0.2, 0) is 0 Å². The number of aliphatic imine (C=N–C) groups is 1. The van der Waals surface area contributed by atoms with Crippen LogP contribution in [0.15, 0.2) is 52.8 Å². The summed E-state index contributed by atoms with van der Waals surface area (Å²) < 4.78 is 0. The first kappa shape index (κ1) is 19.7. The third-order valence-electron chi connectivity index (χ3n) is 5.04. The standard InChI is InChI=1S/C23H29N3/c1-5-18(3)26-22-12-11-17(2)23(14-22)21(16-25-4)13-20(15-24)19-9-7-6-8-10-19/h5,11-14,16,19,26H,4,6-10H2,1-3H3/b18-5-,20-13-,21-16+. The Morgan fingerprint density at radius 3 is 2.65 bits per heavy atom. The lowest BCUT2D eigenvalue weighted by molar-refractivity contribution is 0.409. The van der Waals surface area contributed by atoms with Gasteiger partial charge in [0.15, 0.2) is 0 Å². The maximum Gasteiger partial charge on any atom is 0.0950 e. The van der Waals surface area contributed by atoms with Crippen LogP contribution >= 0.6 is 0 Å². The van der Waals surface area contributed by atoms with Gasteiger partial charge in [0.1, 0.15) is 0 Å². The van der Waals surface area contributed by atoms with E-state index in [-0.39, 0.29) is 0 Å². The lowest BCUT2D eigenvalue weighted by atomic mass is 9.83. The molecule has 0 aliphatic heterocycles. The van der Waals surface area contributed by atoms with Gasteiger partial charge in [0.2, 0.25) is 0 Å². The predicted octanol–water partition coefficient (Wildman–Crippen LogP) is 6.40. The molecule has 0 unspecified atom stereocenters. The second-order valence-electron chi connectivity index (χ2n) is 6.94. The van der Waals surface area contributed by atoms with Gasteiger partial charge >= 0.3 is 0 Å². The van der Waals surface area contributed by atoms with Crippen molar-refractivity contribution in [1.82, 2.24) is 0 Å². The Bertz CT molecular complexity index is 769. The maximum absolute atomic E-state index is 9.71. The molecule has 3 heteroatoms. The number of allylic oxidation sites excluding steroid dienone is 5. The number of aryl methyl sites for hydroxylation is 1. The van der Waals surface area contributed by atoms with Crippen molar-refractivity contribution >= 4 is 18.0 Å². The fraction of sp³-hybridized carbons (Fsp3) is 0.391. The summed E-state index contributed by atoms with van der Waals surface area (Å²) in [6.45, 7) is 9.75. The second-order valence-corrected chi connectivity index (χ2v) is 6.94. The highest BCUT2D eigenvalue weighted by molar-refractivity contribution is 5.79. The van der Waals surface area contributed by atoms with E-state index in [0.717, 1.165) is 46.5 Å². The van der Waals surface area contributed by atoms with Gasteiger partial charge in [-0.2, -0.15) is 5.26 Å². The van der Waals surface area contributed by atoms with Crippen molar-refractivity contribution in [3.8, 4) is 6.07 Å². The van der Waals surface area contributed by atoms with Crippen LogP contribution < -0.4 is 5.32 Å². The molecule has 0 aromatic heterocycles. The first-order valence-corrected chi connectivity index (χ1v) is 9.37. The molecule has 1 aliphatic rings. The number of nitriles is 1. The van der Waals surface area contributed by atoms with Gasteiger partial charge in [-0.1, -0.05) is 31.4 Å². The zero-order valence-electron chi connectivity index (χ0n) is 16.2. The van der Waals surface area contributed by atoms with E-state index in [0.29, 0.717) is 5.92 Å². The number of rotatable bonds is 6. The molecule has 1 aromatic rings. The summed E-state index contributed by atoms with van der Waals surface area (Å²) in [6.07, 6.45) is 11.7. The summed E-state index contributed by atoms with van der Waals surface area (Å²) in [5.41, 5.74) is 6.17. The van der Waals surface area contributed by atoms with Gasteiger partial charge in [-0.05, 0) is 75.6 Å². The van der Waals surface area contributed by atoms with Gasteiger partial charge in [-0.3, -0.25) is 4.99 Å². The number of nitrogens with one attached hydrogen (secondary N) is 1. The van der Waals surface area contributed by atoms with Gasteiger partial charge in [0.25, 0.3) is 0 Å². The fourth-order valence-electron chi connectivity index (χ4n) is 3.42. The van der Waals surface area contributed by atoms with Crippen LogP contribution in [0.4, 0.5) is 5.69 Å². The van der Waals surface area contributed by atoms with Crippen molar-refractivity contribution in [1.29, 1.82) is 5.26 Å². The molecule has 0 heterocycles. The molecule has 1 aromatic carbocycles. The van der Waals surface area contributed by atoms with E-state index in [1.807, 2.05) is 26.0 Å².